The summed E-state index contributed by atoms with van der Waals surface area (Å²) in [6.45, 7) is 3.40. The minimum atomic E-state index is -3.30. The molecule has 1 fully saturated rings. The van der Waals surface area contributed by atoms with E-state index in [4.69, 9.17) is 0 Å². The Hall–Kier alpha value is -2.81. The van der Waals surface area contributed by atoms with Crippen LogP contribution in [0.5, 0.6) is 0 Å². The molecule has 0 radical (unpaired) electrons. The third kappa shape index (κ3) is 3.69. The molecule has 1 N–H and O–H groups in total. The van der Waals surface area contributed by atoms with Crippen LogP contribution in [0.25, 0.3) is 11.0 Å². The number of fused-ring (bicyclic) bond motifs is 1. The zero-order valence-corrected chi connectivity index (χ0v) is 17.7. The van der Waals surface area contributed by atoms with E-state index in [0.29, 0.717) is 16.7 Å². The number of nitrogens with one attached hydrogen (secondary N) is 1. The van der Waals surface area contributed by atoms with Gasteiger partial charge in [0.1, 0.15) is 5.65 Å². The molecule has 158 valence electrons. The van der Waals surface area contributed by atoms with Crippen molar-refractivity contribution < 1.29 is 12.8 Å². The Bertz CT molecular complexity index is 1280. The topological polar surface area (TPSA) is 94.0 Å². The van der Waals surface area contributed by atoms with Gasteiger partial charge in [0.25, 0.3) is 5.56 Å². The van der Waals surface area contributed by atoms with Crippen LogP contribution in [0.3, 0.4) is 0 Å². The first-order valence-electron chi connectivity index (χ1n) is 9.98. The number of anilines is 2. The van der Waals surface area contributed by atoms with Gasteiger partial charge in [0.15, 0.2) is 15.7 Å². The molecule has 1 aliphatic rings. The normalized spacial score (nSPS) is 15.0. The number of rotatable bonds is 5. The van der Waals surface area contributed by atoms with Gasteiger partial charge in [0, 0.05) is 23.3 Å². The quantitative estimate of drug-likeness (QED) is 0.660. The Labute approximate surface area is 173 Å². The molecule has 0 atom stereocenters. The molecule has 2 aromatic heterocycles. The number of hydrogen-bond donors (Lipinski definition) is 1. The Morgan fingerprint density at radius 2 is 1.97 bits per heavy atom. The Balaban J connectivity index is 1.75. The van der Waals surface area contributed by atoms with Crippen molar-refractivity contribution in [2.45, 2.75) is 50.5 Å². The number of halogens is 1. The van der Waals surface area contributed by atoms with Crippen LogP contribution in [0.1, 0.15) is 44.2 Å². The minimum absolute atomic E-state index is 0.0300. The van der Waals surface area contributed by atoms with Crippen molar-refractivity contribution >= 4 is 32.5 Å². The zero-order chi connectivity index (χ0) is 21.5. The molecular weight excluding hydrogens is 407 g/mol. The van der Waals surface area contributed by atoms with Gasteiger partial charge in [-0.25, -0.2) is 17.8 Å². The lowest BCUT2D eigenvalue weighted by Gasteiger charge is -2.17. The van der Waals surface area contributed by atoms with Gasteiger partial charge >= 0.3 is 0 Å². The second-order valence-electron chi connectivity index (χ2n) is 7.58. The Morgan fingerprint density at radius 1 is 1.23 bits per heavy atom. The number of pyridine rings is 1. The van der Waals surface area contributed by atoms with Gasteiger partial charge in [-0.05, 0) is 49.6 Å². The van der Waals surface area contributed by atoms with Gasteiger partial charge in [0.2, 0.25) is 5.95 Å². The lowest BCUT2D eigenvalue weighted by atomic mass is 10.2. The number of nitrogens with zero attached hydrogens (tertiary/aromatic N) is 3. The first kappa shape index (κ1) is 20.5. The number of sulfone groups is 1. The number of benzene rings is 1. The first-order chi connectivity index (χ1) is 14.3. The van der Waals surface area contributed by atoms with E-state index in [0.717, 1.165) is 31.2 Å². The molecule has 0 spiro atoms. The summed E-state index contributed by atoms with van der Waals surface area (Å²) >= 11 is 0. The summed E-state index contributed by atoms with van der Waals surface area (Å²) in [6, 6.07) is 5.91. The highest BCUT2D eigenvalue weighted by Crippen LogP contribution is 2.31. The molecule has 0 aliphatic heterocycles. The average molecular weight is 431 g/mol. The van der Waals surface area contributed by atoms with Gasteiger partial charge in [-0.1, -0.05) is 19.8 Å². The molecule has 1 aliphatic carbocycles. The third-order valence-electron chi connectivity index (χ3n) is 5.60. The van der Waals surface area contributed by atoms with E-state index in [1.54, 1.807) is 32.0 Å². The molecule has 1 aromatic carbocycles. The van der Waals surface area contributed by atoms with Crippen molar-refractivity contribution in [1.82, 2.24) is 14.5 Å². The van der Waals surface area contributed by atoms with Crippen LogP contribution in [-0.4, -0.2) is 28.7 Å². The summed E-state index contributed by atoms with van der Waals surface area (Å²) < 4.78 is 39.8. The van der Waals surface area contributed by atoms with E-state index in [-0.39, 0.29) is 22.6 Å². The highest BCUT2D eigenvalue weighted by molar-refractivity contribution is 7.91. The second-order valence-corrected chi connectivity index (χ2v) is 9.86. The second kappa shape index (κ2) is 7.79. The molecule has 1 saturated carbocycles. The van der Waals surface area contributed by atoms with Crippen molar-refractivity contribution in [2.75, 3.05) is 11.1 Å². The largest absolute Gasteiger partial charge is 0.324 e. The van der Waals surface area contributed by atoms with E-state index in [2.05, 4.69) is 15.3 Å². The van der Waals surface area contributed by atoms with E-state index < -0.39 is 21.2 Å². The number of hydrogen-bond acceptors (Lipinski definition) is 6. The van der Waals surface area contributed by atoms with E-state index >= 15 is 0 Å². The van der Waals surface area contributed by atoms with Crippen LogP contribution >= 0.6 is 0 Å². The molecular formula is C21H23FN4O3S. The van der Waals surface area contributed by atoms with Crippen molar-refractivity contribution in [3.05, 3.63) is 52.2 Å². The average Bonchev–Trinajstić information content (AvgIpc) is 3.25. The van der Waals surface area contributed by atoms with Crippen LogP contribution in [-0.2, 0) is 9.84 Å². The first-order valence-corrected chi connectivity index (χ1v) is 11.6. The fourth-order valence-electron chi connectivity index (χ4n) is 3.90. The van der Waals surface area contributed by atoms with Gasteiger partial charge in [-0.2, -0.15) is 4.98 Å². The lowest BCUT2D eigenvalue weighted by molar-refractivity contribution is 0.489. The Kier molecular flexibility index (Phi) is 5.31. The summed E-state index contributed by atoms with van der Waals surface area (Å²) in [5.74, 6) is -0.515. The fraction of sp³-hybridized carbons (Fsp3) is 0.381. The summed E-state index contributed by atoms with van der Waals surface area (Å²) in [5.41, 5.74) is 1.11. The van der Waals surface area contributed by atoms with Crippen molar-refractivity contribution in [2.24, 2.45) is 0 Å². The maximum absolute atomic E-state index is 14.2. The maximum atomic E-state index is 14.2. The van der Waals surface area contributed by atoms with Gasteiger partial charge in [-0.15, -0.1) is 0 Å². The SMILES string of the molecule is CCS(=O)(=O)c1ccc(Nc2ncc3cc(F)c(=O)n(C4CCCC4)c3n2)c(C)c1. The van der Waals surface area contributed by atoms with Gasteiger partial charge < -0.3 is 5.32 Å². The van der Waals surface area contributed by atoms with Gasteiger partial charge in [-0.3, -0.25) is 9.36 Å². The van der Waals surface area contributed by atoms with Crippen LogP contribution in [0.4, 0.5) is 16.0 Å². The Morgan fingerprint density at radius 3 is 2.63 bits per heavy atom. The molecule has 0 bridgehead atoms. The fourth-order valence-corrected chi connectivity index (χ4v) is 4.87. The number of aryl methyl sites for hydroxylation is 1. The molecule has 0 saturated heterocycles. The van der Waals surface area contributed by atoms with Gasteiger partial charge in [0.05, 0.1) is 10.6 Å². The smallest absolute Gasteiger partial charge is 0.288 e. The minimum Gasteiger partial charge on any atom is -0.324 e. The summed E-state index contributed by atoms with van der Waals surface area (Å²) in [6.07, 6.45) is 5.12. The highest BCUT2D eigenvalue weighted by atomic mass is 32.2. The van der Waals surface area contributed by atoms with E-state index in [9.17, 15) is 17.6 Å². The molecule has 7 nitrogen and oxygen atoms in total. The molecule has 0 unspecified atom stereocenters. The maximum Gasteiger partial charge on any atom is 0.288 e. The molecule has 0 amide bonds. The third-order valence-corrected chi connectivity index (χ3v) is 7.34. The number of aromatic nitrogens is 3. The van der Waals surface area contributed by atoms with E-state index in [1.165, 1.54) is 16.8 Å². The van der Waals surface area contributed by atoms with Crippen LogP contribution in [0.15, 0.2) is 40.2 Å². The van der Waals surface area contributed by atoms with E-state index in [1.807, 2.05) is 0 Å². The van der Waals surface area contributed by atoms with Crippen molar-refractivity contribution in [3.63, 3.8) is 0 Å². The van der Waals surface area contributed by atoms with Crippen molar-refractivity contribution in [3.8, 4) is 0 Å². The van der Waals surface area contributed by atoms with Crippen LogP contribution in [0, 0.1) is 12.7 Å². The monoisotopic (exact) mass is 430 g/mol. The molecule has 30 heavy (non-hydrogen) atoms. The van der Waals surface area contributed by atoms with Crippen LogP contribution in [0.2, 0.25) is 0 Å². The summed E-state index contributed by atoms with van der Waals surface area (Å²) in [7, 11) is -3.30. The predicted molar refractivity (Wildman–Crippen MR) is 113 cm³/mol. The zero-order valence-electron chi connectivity index (χ0n) is 16.9. The molecule has 2 heterocycles. The van der Waals surface area contributed by atoms with Crippen molar-refractivity contribution in [1.29, 1.82) is 0 Å². The lowest BCUT2D eigenvalue weighted by Crippen LogP contribution is -2.27. The van der Waals surface area contributed by atoms with Crippen LogP contribution < -0.4 is 10.9 Å². The molecule has 3 aromatic rings. The summed E-state index contributed by atoms with van der Waals surface area (Å²) in [4.78, 5) is 21.5. The highest BCUT2D eigenvalue weighted by Gasteiger charge is 2.23. The summed E-state index contributed by atoms with van der Waals surface area (Å²) in [5, 5.41) is 3.55. The standard InChI is InChI=1S/C21H23FN4O3S/c1-3-30(28,29)16-8-9-18(13(2)10-16)24-21-23-12-14-11-17(22)20(27)26(19(14)25-21)15-6-4-5-7-15/h8-12,15H,3-7H2,1-2H3,(H,23,24,25). The molecule has 9 heteroatoms. The predicted octanol–water partition coefficient (Wildman–Crippen LogP) is 3.89. The molecule has 4 rings (SSSR count).